The van der Waals surface area contributed by atoms with E-state index in [-0.39, 0.29) is 11.5 Å². The number of phenolic OH excluding ortho intramolecular Hbond substituents is 1. The summed E-state index contributed by atoms with van der Waals surface area (Å²) in [7, 11) is 1.60. The van der Waals surface area contributed by atoms with Crippen LogP contribution in [-0.2, 0) is 11.2 Å². The Morgan fingerprint density at radius 2 is 1.95 bits per heavy atom. The van der Waals surface area contributed by atoms with Gasteiger partial charge in [0, 0.05) is 12.0 Å². The molecule has 3 heteroatoms. The lowest BCUT2D eigenvalue weighted by Gasteiger charge is -2.11. The van der Waals surface area contributed by atoms with Crippen molar-refractivity contribution in [2.45, 2.75) is 13.3 Å². The summed E-state index contributed by atoms with van der Waals surface area (Å²) in [6, 6.07) is 12.7. The molecular weight excluding hydrogens is 240 g/mol. The van der Waals surface area contributed by atoms with Gasteiger partial charge < -0.3 is 9.84 Å². The van der Waals surface area contributed by atoms with Crippen molar-refractivity contribution in [2.24, 2.45) is 0 Å². The molecule has 19 heavy (non-hydrogen) atoms. The molecule has 2 aromatic carbocycles. The molecule has 0 aliphatic rings. The second-order valence-electron chi connectivity index (χ2n) is 4.42. The summed E-state index contributed by atoms with van der Waals surface area (Å²) in [6.45, 7) is 1.54. The van der Waals surface area contributed by atoms with Gasteiger partial charge in [-0.05, 0) is 36.2 Å². The molecule has 0 spiro atoms. The Balaban J connectivity index is 2.56. The van der Waals surface area contributed by atoms with Crippen LogP contribution in [0.4, 0.5) is 0 Å². The predicted molar refractivity (Wildman–Crippen MR) is 74.5 cm³/mol. The van der Waals surface area contributed by atoms with E-state index in [1.807, 2.05) is 30.3 Å². The monoisotopic (exact) mass is 256 g/mol. The molecule has 0 saturated carbocycles. The zero-order chi connectivity index (χ0) is 13.8. The fourth-order valence-electron chi connectivity index (χ4n) is 2.11. The lowest BCUT2D eigenvalue weighted by Crippen LogP contribution is -1.99. The van der Waals surface area contributed by atoms with E-state index < -0.39 is 0 Å². The molecule has 0 radical (unpaired) electrons. The number of carbonyl (C=O) groups is 1. The molecule has 2 aromatic rings. The number of hydrogen-bond acceptors (Lipinski definition) is 3. The third-order valence-electron chi connectivity index (χ3n) is 2.93. The Morgan fingerprint density at radius 3 is 2.63 bits per heavy atom. The van der Waals surface area contributed by atoms with Gasteiger partial charge in [0.05, 0.1) is 7.11 Å². The average molecular weight is 256 g/mol. The van der Waals surface area contributed by atoms with Gasteiger partial charge in [-0.2, -0.15) is 0 Å². The molecule has 0 aromatic heterocycles. The number of hydrogen-bond donors (Lipinski definition) is 1. The molecule has 1 N–H and O–H groups in total. The quantitative estimate of drug-likeness (QED) is 0.913. The maximum Gasteiger partial charge on any atom is 0.134 e. The highest BCUT2D eigenvalue weighted by Gasteiger charge is 2.12. The Bertz CT molecular complexity index is 603. The molecule has 0 aliphatic carbocycles. The molecule has 0 unspecified atom stereocenters. The van der Waals surface area contributed by atoms with E-state index >= 15 is 0 Å². The number of ether oxygens (including phenoxy) is 1. The summed E-state index contributed by atoms with van der Waals surface area (Å²) in [5, 5.41) is 10.1. The van der Waals surface area contributed by atoms with E-state index in [1.165, 1.54) is 0 Å². The highest BCUT2D eigenvalue weighted by molar-refractivity contribution is 5.83. The Kier molecular flexibility index (Phi) is 3.85. The molecule has 3 nitrogen and oxygen atoms in total. The number of carbonyl (C=O) groups excluding carboxylic acids is 1. The Labute approximate surface area is 112 Å². The number of Topliss-reactive ketones (excluding diaryl/α,β-unsaturated/α-hetero) is 1. The van der Waals surface area contributed by atoms with Gasteiger partial charge in [-0.3, -0.25) is 4.79 Å². The van der Waals surface area contributed by atoms with Gasteiger partial charge in [0.2, 0.25) is 0 Å². The minimum Gasteiger partial charge on any atom is -0.507 e. The van der Waals surface area contributed by atoms with Crippen LogP contribution in [0.5, 0.6) is 11.5 Å². The number of phenols is 1. The summed E-state index contributed by atoms with van der Waals surface area (Å²) in [5.74, 6) is 0.955. The van der Waals surface area contributed by atoms with Crippen molar-refractivity contribution in [2.75, 3.05) is 7.11 Å². The van der Waals surface area contributed by atoms with E-state index in [2.05, 4.69) is 0 Å². The van der Waals surface area contributed by atoms with Crippen LogP contribution in [0, 0.1) is 0 Å². The first-order valence-corrected chi connectivity index (χ1v) is 6.06. The summed E-state index contributed by atoms with van der Waals surface area (Å²) in [6.07, 6.45) is 0.306. The maximum atomic E-state index is 11.3. The normalized spacial score (nSPS) is 10.2. The van der Waals surface area contributed by atoms with Gasteiger partial charge in [-0.25, -0.2) is 0 Å². The fraction of sp³-hybridized carbons (Fsp3) is 0.188. The molecule has 0 saturated heterocycles. The van der Waals surface area contributed by atoms with E-state index in [0.29, 0.717) is 12.0 Å². The van der Waals surface area contributed by atoms with Gasteiger partial charge in [0.15, 0.2) is 0 Å². The van der Waals surface area contributed by atoms with Crippen molar-refractivity contribution in [3.8, 4) is 22.6 Å². The molecule has 98 valence electrons. The van der Waals surface area contributed by atoms with E-state index in [9.17, 15) is 9.90 Å². The first-order valence-electron chi connectivity index (χ1n) is 6.06. The van der Waals surface area contributed by atoms with Crippen molar-refractivity contribution in [1.82, 2.24) is 0 Å². The topological polar surface area (TPSA) is 46.5 Å². The third kappa shape index (κ3) is 2.94. The molecule has 0 aliphatic heterocycles. The fourth-order valence-corrected chi connectivity index (χ4v) is 2.11. The minimum atomic E-state index is 0.0646. The standard InChI is InChI=1S/C16H16O3/c1-11(17)9-12-6-4-8-15(18)16(12)13-5-3-7-14(10-13)19-2/h3-8,10,18H,9H2,1-2H3. The van der Waals surface area contributed by atoms with Crippen LogP contribution in [0.1, 0.15) is 12.5 Å². The van der Waals surface area contributed by atoms with Crippen LogP contribution in [0.15, 0.2) is 42.5 Å². The van der Waals surface area contributed by atoms with Crippen LogP contribution < -0.4 is 4.74 Å². The molecule has 0 bridgehead atoms. The van der Waals surface area contributed by atoms with Crippen molar-refractivity contribution in [3.05, 3.63) is 48.0 Å². The van der Waals surface area contributed by atoms with Gasteiger partial charge in [-0.15, -0.1) is 0 Å². The Morgan fingerprint density at radius 1 is 1.21 bits per heavy atom. The summed E-state index contributed by atoms with van der Waals surface area (Å²) in [5.41, 5.74) is 2.35. The SMILES string of the molecule is COc1cccc(-c2c(O)cccc2CC(C)=O)c1. The largest absolute Gasteiger partial charge is 0.507 e. The number of ketones is 1. The van der Waals surface area contributed by atoms with Crippen LogP contribution >= 0.6 is 0 Å². The summed E-state index contributed by atoms with van der Waals surface area (Å²) < 4.78 is 5.19. The van der Waals surface area contributed by atoms with Crippen molar-refractivity contribution in [1.29, 1.82) is 0 Å². The minimum absolute atomic E-state index is 0.0646. The zero-order valence-corrected chi connectivity index (χ0v) is 11.0. The number of rotatable bonds is 4. The lowest BCUT2D eigenvalue weighted by atomic mass is 9.95. The molecule has 0 atom stereocenters. The summed E-state index contributed by atoms with van der Waals surface area (Å²) >= 11 is 0. The van der Waals surface area contributed by atoms with Crippen molar-refractivity contribution < 1.29 is 14.6 Å². The van der Waals surface area contributed by atoms with Crippen molar-refractivity contribution in [3.63, 3.8) is 0 Å². The second kappa shape index (κ2) is 5.57. The first-order chi connectivity index (χ1) is 9.11. The molecular formula is C16H16O3. The second-order valence-corrected chi connectivity index (χ2v) is 4.42. The van der Waals surface area contributed by atoms with E-state index in [0.717, 1.165) is 16.9 Å². The maximum absolute atomic E-state index is 11.3. The number of benzene rings is 2. The highest BCUT2D eigenvalue weighted by atomic mass is 16.5. The van der Waals surface area contributed by atoms with Gasteiger partial charge in [-0.1, -0.05) is 24.3 Å². The molecule has 0 amide bonds. The number of methoxy groups -OCH3 is 1. The smallest absolute Gasteiger partial charge is 0.134 e. The van der Waals surface area contributed by atoms with Gasteiger partial charge in [0.1, 0.15) is 17.3 Å². The zero-order valence-electron chi connectivity index (χ0n) is 11.0. The van der Waals surface area contributed by atoms with Gasteiger partial charge >= 0.3 is 0 Å². The average Bonchev–Trinajstić information content (AvgIpc) is 2.38. The molecule has 2 rings (SSSR count). The van der Waals surface area contributed by atoms with Crippen LogP contribution in [-0.4, -0.2) is 18.0 Å². The highest BCUT2D eigenvalue weighted by Crippen LogP contribution is 2.34. The molecule has 0 fully saturated rings. The van der Waals surface area contributed by atoms with E-state index in [4.69, 9.17) is 4.74 Å². The van der Waals surface area contributed by atoms with Crippen LogP contribution in [0.25, 0.3) is 11.1 Å². The van der Waals surface area contributed by atoms with Crippen LogP contribution in [0.2, 0.25) is 0 Å². The number of aromatic hydroxyl groups is 1. The van der Waals surface area contributed by atoms with Crippen LogP contribution in [0.3, 0.4) is 0 Å². The predicted octanol–water partition coefficient (Wildman–Crippen LogP) is 3.20. The summed E-state index contributed by atoms with van der Waals surface area (Å²) in [4.78, 5) is 11.3. The molecule has 0 heterocycles. The Hall–Kier alpha value is -2.29. The van der Waals surface area contributed by atoms with Crippen molar-refractivity contribution >= 4 is 5.78 Å². The van der Waals surface area contributed by atoms with E-state index in [1.54, 1.807) is 26.2 Å². The van der Waals surface area contributed by atoms with Gasteiger partial charge in [0.25, 0.3) is 0 Å². The third-order valence-corrected chi connectivity index (χ3v) is 2.93. The lowest BCUT2D eigenvalue weighted by molar-refractivity contribution is -0.116. The first kappa shape index (κ1) is 13.1.